The maximum atomic E-state index is 2.62. The van der Waals surface area contributed by atoms with E-state index in [4.69, 9.17) is 0 Å². The van der Waals surface area contributed by atoms with Gasteiger partial charge in [0.1, 0.15) is 0 Å². The van der Waals surface area contributed by atoms with Crippen LogP contribution in [0.1, 0.15) is 35.9 Å². The highest BCUT2D eigenvalue weighted by molar-refractivity contribution is 7.26. The lowest BCUT2D eigenvalue weighted by molar-refractivity contribution is -0.738. The Morgan fingerprint density at radius 2 is 1.36 bits per heavy atom. The van der Waals surface area contributed by atoms with Gasteiger partial charge in [0.25, 0.3) is 0 Å². The number of hydrogen-bond donors (Lipinski definition) is 0. The van der Waals surface area contributed by atoms with E-state index in [2.05, 4.69) is 153 Å². The van der Waals surface area contributed by atoms with Crippen LogP contribution in [0, 0.1) is 0 Å². The van der Waals surface area contributed by atoms with Crippen molar-refractivity contribution in [3.05, 3.63) is 151 Å². The van der Waals surface area contributed by atoms with Crippen LogP contribution >= 0.6 is 11.3 Å². The minimum absolute atomic E-state index is 0.398. The summed E-state index contributed by atoms with van der Waals surface area (Å²) in [6.45, 7) is 0.973. The third-order valence-corrected chi connectivity index (χ3v) is 13.1. The first-order chi connectivity index (χ1) is 24.8. The van der Waals surface area contributed by atoms with Crippen molar-refractivity contribution in [2.75, 3.05) is 0 Å². The summed E-state index contributed by atoms with van der Waals surface area (Å²) in [5, 5.41) is 8.13. The summed E-state index contributed by atoms with van der Waals surface area (Å²) in [6, 6.07) is 48.7. The van der Waals surface area contributed by atoms with Gasteiger partial charge in [0.05, 0.1) is 28.5 Å². The molecule has 0 saturated carbocycles. The Labute approximate surface area is 293 Å². The van der Waals surface area contributed by atoms with E-state index in [1.54, 1.807) is 0 Å². The van der Waals surface area contributed by atoms with Crippen molar-refractivity contribution in [2.24, 2.45) is 0 Å². The molecule has 2 aliphatic rings. The van der Waals surface area contributed by atoms with Gasteiger partial charge < -0.3 is 4.40 Å². The van der Waals surface area contributed by atoms with Gasteiger partial charge in [0.2, 0.25) is 11.4 Å². The molecule has 5 aromatic heterocycles. The molecule has 0 radical (unpaired) electrons. The predicted octanol–water partition coefficient (Wildman–Crippen LogP) is 10.8. The molecule has 7 heterocycles. The number of thiophene rings is 1. The fraction of sp³-hybridized carbons (Fsp3) is 0.130. The summed E-state index contributed by atoms with van der Waals surface area (Å²) in [5.74, 6) is 0.436. The minimum Gasteiger partial charge on any atom is -0.307 e. The normalized spacial score (nSPS) is 17.3. The molecule has 3 nitrogen and oxygen atoms in total. The molecule has 0 aliphatic carbocycles. The third-order valence-electron chi connectivity index (χ3n) is 12.0. The number of aryl methyl sites for hydroxylation is 2. The number of nitrogens with zero attached hydrogens (tertiary/aromatic N) is 3. The average molecular weight is 660 g/mol. The Morgan fingerprint density at radius 1 is 0.580 bits per heavy atom. The topological polar surface area (TPSA) is 12.2 Å². The molecule has 50 heavy (non-hydrogen) atoms. The van der Waals surface area contributed by atoms with Gasteiger partial charge in [-0.15, -0.1) is 11.3 Å². The molecule has 0 fully saturated rings. The van der Waals surface area contributed by atoms with Gasteiger partial charge in [0, 0.05) is 77.5 Å². The van der Waals surface area contributed by atoms with Gasteiger partial charge in [-0.3, -0.25) is 0 Å². The summed E-state index contributed by atoms with van der Waals surface area (Å²) >= 11 is 1.91. The number of para-hydroxylation sites is 1. The lowest BCUT2D eigenvalue weighted by Crippen LogP contribution is -2.50. The van der Waals surface area contributed by atoms with Crippen molar-refractivity contribution in [1.82, 2.24) is 4.40 Å². The van der Waals surface area contributed by atoms with Gasteiger partial charge in [-0.1, -0.05) is 60.7 Å². The van der Waals surface area contributed by atoms with Crippen LogP contribution in [0.3, 0.4) is 0 Å². The van der Waals surface area contributed by atoms with Crippen LogP contribution in [0.5, 0.6) is 0 Å². The zero-order valence-electron chi connectivity index (χ0n) is 27.5. The zero-order valence-corrected chi connectivity index (χ0v) is 28.3. The highest BCUT2D eigenvalue weighted by Gasteiger charge is 2.41. The Kier molecular flexibility index (Phi) is 5.45. The van der Waals surface area contributed by atoms with Crippen LogP contribution in [-0.4, -0.2) is 4.40 Å². The first-order valence-electron chi connectivity index (χ1n) is 18.0. The lowest BCUT2D eigenvalue weighted by atomic mass is 9.78. The molecule has 2 unspecified atom stereocenters. The molecule has 0 saturated heterocycles. The minimum atomic E-state index is 0.398. The van der Waals surface area contributed by atoms with Crippen molar-refractivity contribution in [1.29, 1.82) is 0 Å². The van der Waals surface area contributed by atoms with E-state index in [1.807, 2.05) is 11.3 Å². The number of fused-ring (bicyclic) bond motifs is 19. The summed E-state index contributed by atoms with van der Waals surface area (Å²) in [6.07, 6.45) is 7.83. The van der Waals surface area contributed by atoms with Gasteiger partial charge >= 0.3 is 0 Å². The van der Waals surface area contributed by atoms with E-state index in [0.29, 0.717) is 12.0 Å². The van der Waals surface area contributed by atoms with Gasteiger partial charge in [0.15, 0.2) is 25.0 Å². The number of aromatic nitrogens is 3. The van der Waals surface area contributed by atoms with Crippen LogP contribution < -0.4 is 9.13 Å². The highest BCUT2D eigenvalue weighted by atomic mass is 32.1. The molecule has 12 rings (SSSR count). The van der Waals surface area contributed by atoms with Crippen molar-refractivity contribution < 1.29 is 9.13 Å². The fourth-order valence-electron chi connectivity index (χ4n) is 9.91. The number of pyridine rings is 2. The first kappa shape index (κ1) is 27.3. The smallest absolute Gasteiger partial charge is 0.213 e. The molecular weight excluding hydrogens is 627 g/mol. The number of hydrogen-bond acceptors (Lipinski definition) is 1. The monoisotopic (exact) mass is 659 g/mol. The summed E-state index contributed by atoms with van der Waals surface area (Å²) < 4.78 is 10.4. The average Bonchev–Trinajstić information content (AvgIpc) is 3.82. The van der Waals surface area contributed by atoms with E-state index in [0.717, 1.165) is 25.8 Å². The summed E-state index contributed by atoms with van der Waals surface area (Å²) in [4.78, 5) is 0. The van der Waals surface area contributed by atoms with Gasteiger partial charge in [-0.25, -0.2) is 0 Å². The van der Waals surface area contributed by atoms with E-state index < -0.39 is 0 Å². The van der Waals surface area contributed by atoms with Crippen LogP contribution in [-0.2, 0) is 13.0 Å². The second kappa shape index (κ2) is 9.99. The van der Waals surface area contributed by atoms with Crippen molar-refractivity contribution >= 4 is 69.6 Å². The van der Waals surface area contributed by atoms with E-state index in [9.17, 15) is 0 Å². The van der Waals surface area contributed by atoms with E-state index in [1.165, 1.54) is 91.9 Å². The van der Waals surface area contributed by atoms with Crippen molar-refractivity contribution in [2.45, 2.75) is 37.8 Å². The fourth-order valence-corrected chi connectivity index (χ4v) is 11.0. The Morgan fingerprint density at radius 3 is 2.32 bits per heavy atom. The maximum Gasteiger partial charge on any atom is 0.213 e. The van der Waals surface area contributed by atoms with E-state index >= 15 is 0 Å². The molecule has 0 spiro atoms. The Bertz CT molecular complexity index is 3020. The largest absolute Gasteiger partial charge is 0.307 e. The third kappa shape index (κ3) is 3.54. The maximum absolute atomic E-state index is 2.62. The molecule has 2 atom stereocenters. The molecule has 2 aliphatic heterocycles. The van der Waals surface area contributed by atoms with Crippen LogP contribution in [0.4, 0.5) is 0 Å². The van der Waals surface area contributed by atoms with E-state index in [-0.39, 0.29) is 0 Å². The second-order valence-corrected chi connectivity index (χ2v) is 15.4. The number of benzene rings is 5. The summed E-state index contributed by atoms with van der Waals surface area (Å²) in [5.41, 5.74) is 12.4. The molecule has 10 aromatic rings. The SMILES string of the molecule is c1ccc2c(c1)-c1cccc[n+]1C1CC[n+]3ccccc3-c3cc4c5cccc6c7ccc8sc9ccccc9c8c7n(c4cc3CCC21)c56. The quantitative estimate of drug-likeness (QED) is 0.144. The number of rotatable bonds is 0. The molecule has 236 valence electrons. The van der Waals surface area contributed by atoms with Crippen molar-refractivity contribution in [3.63, 3.8) is 0 Å². The lowest BCUT2D eigenvalue weighted by Gasteiger charge is -2.31. The first-order valence-corrected chi connectivity index (χ1v) is 18.8. The van der Waals surface area contributed by atoms with Crippen LogP contribution in [0.2, 0.25) is 0 Å². The highest BCUT2D eigenvalue weighted by Crippen LogP contribution is 2.47. The van der Waals surface area contributed by atoms with Crippen molar-refractivity contribution in [3.8, 4) is 22.5 Å². The Hall–Kier alpha value is -5.58. The van der Waals surface area contributed by atoms with Crippen LogP contribution in [0.25, 0.3) is 80.8 Å². The molecule has 4 heteroatoms. The standard InChI is InChI=1S/C46H33N3S/c1-2-11-30-29(10-1)31-19-18-28-26-41-37(27-36(28)38-15-5-7-23-47(38)25-22-40(31)48-24-8-6-16-39(30)48)33-14-9-13-32-34-20-21-43-44(46(34)49(41)45(32)33)35-12-3-4-17-42(35)50-43/h1-17,20-21,23-24,26-27,31,40H,18-19,22,25H2/q+2. The van der Waals surface area contributed by atoms with Gasteiger partial charge in [-0.05, 0) is 66.4 Å². The Balaban J connectivity index is 1.15. The second-order valence-electron chi connectivity index (χ2n) is 14.4. The molecule has 0 amide bonds. The van der Waals surface area contributed by atoms with Crippen LogP contribution in [0.15, 0.2) is 140 Å². The molecule has 0 bridgehead atoms. The van der Waals surface area contributed by atoms with Gasteiger partial charge in [-0.2, -0.15) is 9.13 Å². The molecular formula is C46H33N3S+2. The summed E-state index contributed by atoms with van der Waals surface area (Å²) in [7, 11) is 0. The molecule has 5 aromatic carbocycles. The predicted molar refractivity (Wildman–Crippen MR) is 206 cm³/mol. The molecule has 0 N–H and O–H groups in total. The zero-order chi connectivity index (χ0) is 32.5.